The minimum absolute atomic E-state index is 0.120. The van der Waals surface area contributed by atoms with E-state index < -0.39 is 10.0 Å². The molecule has 0 spiro atoms. The second-order valence-corrected chi connectivity index (χ2v) is 11.2. The SMILES string of the molecule is CN(Cc1cn(-c2ccccc2)nc1-c1cccs1)C(=O)c1ccc2c(c1)CCN2S(C)(=O)=O. The first-order valence-electron chi connectivity index (χ1n) is 10.9. The first-order valence-corrected chi connectivity index (χ1v) is 13.6. The number of carbonyl (C=O) groups is 1. The molecule has 3 heterocycles. The molecule has 174 valence electrons. The smallest absolute Gasteiger partial charge is 0.253 e. The number of benzene rings is 2. The zero-order valence-electron chi connectivity index (χ0n) is 18.9. The third-order valence-electron chi connectivity index (χ3n) is 5.90. The average molecular weight is 493 g/mol. The van der Waals surface area contributed by atoms with E-state index in [-0.39, 0.29) is 5.91 Å². The van der Waals surface area contributed by atoms with Crippen LogP contribution in [0.5, 0.6) is 0 Å². The molecule has 2 aromatic carbocycles. The van der Waals surface area contributed by atoms with E-state index in [1.807, 2.05) is 64.8 Å². The standard InChI is InChI=1S/C25H24N4O3S2/c1-27(25(30)19-10-11-22-18(15-19)12-13-29(22)34(2,31)32)16-20-17-28(21-7-4-3-5-8-21)26-24(20)23-9-6-14-33-23/h3-11,14-15,17H,12-13,16H2,1-2H3. The van der Waals surface area contributed by atoms with E-state index in [0.29, 0.717) is 30.8 Å². The van der Waals surface area contributed by atoms with Crippen molar-refractivity contribution in [1.82, 2.24) is 14.7 Å². The number of thiophene rings is 1. The van der Waals surface area contributed by atoms with Gasteiger partial charge in [0.25, 0.3) is 5.91 Å². The number of fused-ring (bicyclic) bond motifs is 1. The van der Waals surface area contributed by atoms with Gasteiger partial charge in [-0.2, -0.15) is 5.10 Å². The quantitative estimate of drug-likeness (QED) is 0.404. The van der Waals surface area contributed by atoms with Gasteiger partial charge in [0, 0.05) is 37.5 Å². The van der Waals surface area contributed by atoms with Gasteiger partial charge in [-0.15, -0.1) is 11.3 Å². The first kappa shape index (κ1) is 22.4. The zero-order chi connectivity index (χ0) is 23.9. The molecule has 5 rings (SSSR count). The fourth-order valence-electron chi connectivity index (χ4n) is 4.26. The highest BCUT2D eigenvalue weighted by atomic mass is 32.2. The average Bonchev–Trinajstić information content (AvgIpc) is 3.57. The monoisotopic (exact) mass is 492 g/mol. The molecule has 1 aliphatic rings. The van der Waals surface area contributed by atoms with Crippen molar-refractivity contribution in [3.8, 4) is 16.3 Å². The molecule has 7 nitrogen and oxygen atoms in total. The Morgan fingerprint density at radius 3 is 2.62 bits per heavy atom. The summed E-state index contributed by atoms with van der Waals surface area (Å²) in [5.41, 5.74) is 4.84. The molecule has 0 unspecified atom stereocenters. The predicted molar refractivity (Wildman–Crippen MR) is 135 cm³/mol. The van der Waals surface area contributed by atoms with Crippen molar-refractivity contribution in [2.45, 2.75) is 13.0 Å². The maximum atomic E-state index is 13.3. The third kappa shape index (κ3) is 4.24. The van der Waals surface area contributed by atoms with Gasteiger partial charge in [0.15, 0.2) is 0 Å². The lowest BCUT2D eigenvalue weighted by molar-refractivity contribution is 0.0785. The van der Waals surface area contributed by atoms with E-state index in [9.17, 15) is 13.2 Å². The van der Waals surface area contributed by atoms with E-state index in [2.05, 4.69) is 0 Å². The van der Waals surface area contributed by atoms with Crippen molar-refractivity contribution in [2.24, 2.45) is 0 Å². The minimum atomic E-state index is -3.32. The van der Waals surface area contributed by atoms with Gasteiger partial charge in [-0.3, -0.25) is 9.10 Å². The molecule has 1 amide bonds. The highest BCUT2D eigenvalue weighted by Gasteiger charge is 2.27. The van der Waals surface area contributed by atoms with Crippen LogP contribution in [0.2, 0.25) is 0 Å². The first-order chi connectivity index (χ1) is 16.3. The molecule has 0 saturated carbocycles. The van der Waals surface area contributed by atoms with Crippen LogP contribution in [0.1, 0.15) is 21.5 Å². The molecular weight excluding hydrogens is 468 g/mol. The Hall–Kier alpha value is -3.43. The Bertz CT molecular complexity index is 1440. The Kier molecular flexibility index (Phi) is 5.75. The Balaban J connectivity index is 1.42. The van der Waals surface area contributed by atoms with Gasteiger partial charge in [-0.25, -0.2) is 13.1 Å². The van der Waals surface area contributed by atoms with Crippen molar-refractivity contribution in [1.29, 1.82) is 0 Å². The number of aromatic nitrogens is 2. The van der Waals surface area contributed by atoms with E-state index >= 15 is 0 Å². The highest BCUT2D eigenvalue weighted by Crippen LogP contribution is 2.32. The molecule has 0 bridgehead atoms. The lowest BCUT2D eigenvalue weighted by atomic mass is 10.1. The number of hydrogen-bond donors (Lipinski definition) is 0. The van der Waals surface area contributed by atoms with Gasteiger partial charge >= 0.3 is 0 Å². The summed E-state index contributed by atoms with van der Waals surface area (Å²) < 4.78 is 27.2. The molecule has 0 fully saturated rings. The van der Waals surface area contributed by atoms with Crippen LogP contribution < -0.4 is 4.31 Å². The topological polar surface area (TPSA) is 75.5 Å². The number of nitrogens with zero attached hydrogens (tertiary/aromatic N) is 4. The molecule has 1 aliphatic heterocycles. The lowest BCUT2D eigenvalue weighted by Crippen LogP contribution is -2.28. The molecule has 2 aromatic heterocycles. The fraction of sp³-hybridized carbons (Fsp3) is 0.200. The largest absolute Gasteiger partial charge is 0.337 e. The van der Waals surface area contributed by atoms with Crippen LogP contribution in [-0.4, -0.2) is 48.9 Å². The number of hydrogen-bond acceptors (Lipinski definition) is 5. The van der Waals surface area contributed by atoms with Crippen molar-refractivity contribution < 1.29 is 13.2 Å². The summed E-state index contributed by atoms with van der Waals surface area (Å²) in [7, 11) is -1.55. The molecule has 34 heavy (non-hydrogen) atoms. The van der Waals surface area contributed by atoms with Crippen LogP contribution in [0.4, 0.5) is 5.69 Å². The van der Waals surface area contributed by atoms with Gasteiger partial charge in [0.2, 0.25) is 10.0 Å². The normalized spacial score (nSPS) is 13.2. The van der Waals surface area contributed by atoms with E-state index in [1.54, 1.807) is 35.4 Å². The van der Waals surface area contributed by atoms with Crippen LogP contribution in [0.15, 0.2) is 72.2 Å². The molecule has 0 N–H and O–H groups in total. The summed E-state index contributed by atoms with van der Waals surface area (Å²) in [5, 5.41) is 6.83. The molecule has 0 saturated heterocycles. The summed E-state index contributed by atoms with van der Waals surface area (Å²) >= 11 is 1.61. The van der Waals surface area contributed by atoms with Crippen LogP contribution in [0.25, 0.3) is 16.3 Å². The number of para-hydroxylation sites is 1. The second-order valence-electron chi connectivity index (χ2n) is 8.35. The van der Waals surface area contributed by atoms with Crippen molar-refractivity contribution in [3.05, 3.63) is 88.9 Å². The summed E-state index contributed by atoms with van der Waals surface area (Å²) in [5.74, 6) is -0.120. The van der Waals surface area contributed by atoms with Gasteiger partial charge in [0.05, 0.1) is 22.5 Å². The Morgan fingerprint density at radius 2 is 1.91 bits per heavy atom. The van der Waals surface area contributed by atoms with E-state index in [1.165, 1.54) is 10.6 Å². The van der Waals surface area contributed by atoms with E-state index in [0.717, 1.165) is 27.4 Å². The zero-order valence-corrected chi connectivity index (χ0v) is 20.5. The molecule has 0 atom stereocenters. The van der Waals surface area contributed by atoms with Crippen molar-refractivity contribution >= 4 is 33.0 Å². The summed E-state index contributed by atoms with van der Waals surface area (Å²) in [4.78, 5) is 16.0. The maximum Gasteiger partial charge on any atom is 0.253 e. The summed E-state index contributed by atoms with van der Waals surface area (Å²) in [6.07, 6.45) is 3.77. The summed E-state index contributed by atoms with van der Waals surface area (Å²) in [6, 6.07) is 19.2. The van der Waals surface area contributed by atoms with Gasteiger partial charge in [-0.05, 0) is 53.8 Å². The molecule has 0 radical (unpaired) electrons. The Morgan fingerprint density at radius 1 is 1.12 bits per heavy atom. The summed E-state index contributed by atoms with van der Waals surface area (Å²) in [6.45, 7) is 0.802. The number of anilines is 1. The van der Waals surface area contributed by atoms with E-state index in [4.69, 9.17) is 5.10 Å². The molecular formula is C25H24N4O3S2. The Labute approximate surface area is 202 Å². The predicted octanol–water partition coefficient (Wildman–Crippen LogP) is 4.20. The molecule has 4 aromatic rings. The van der Waals surface area contributed by atoms with Crippen LogP contribution in [0.3, 0.4) is 0 Å². The van der Waals surface area contributed by atoms with Gasteiger partial charge in [-0.1, -0.05) is 24.3 Å². The third-order valence-corrected chi connectivity index (χ3v) is 7.96. The van der Waals surface area contributed by atoms with Crippen molar-refractivity contribution in [2.75, 3.05) is 24.2 Å². The highest BCUT2D eigenvalue weighted by molar-refractivity contribution is 7.92. The number of carbonyl (C=O) groups excluding carboxylic acids is 1. The van der Waals surface area contributed by atoms with Crippen molar-refractivity contribution in [3.63, 3.8) is 0 Å². The van der Waals surface area contributed by atoms with Gasteiger partial charge < -0.3 is 4.90 Å². The number of sulfonamides is 1. The molecule has 9 heteroatoms. The number of rotatable bonds is 6. The van der Waals surface area contributed by atoms with Crippen LogP contribution in [-0.2, 0) is 23.0 Å². The lowest BCUT2D eigenvalue weighted by Gasteiger charge is -2.19. The molecule has 0 aliphatic carbocycles. The van der Waals surface area contributed by atoms with Gasteiger partial charge in [0.1, 0.15) is 5.69 Å². The fourth-order valence-corrected chi connectivity index (χ4v) is 5.96. The maximum absolute atomic E-state index is 13.3. The van der Waals surface area contributed by atoms with Crippen LogP contribution >= 0.6 is 11.3 Å². The second kappa shape index (κ2) is 8.73. The number of amides is 1. The minimum Gasteiger partial charge on any atom is -0.337 e. The van der Waals surface area contributed by atoms with Crippen LogP contribution in [0, 0.1) is 0 Å².